The van der Waals surface area contributed by atoms with Crippen molar-refractivity contribution < 1.29 is 0 Å². The molecule has 0 bridgehead atoms. The van der Waals surface area contributed by atoms with E-state index in [4.69, 9.17) is 17.3 Å². The summed E-state index contributed by atoms with van der Waals surface area (Å²) in [5.41, 5.74) is 7.54. The lowest BCUT2D eigenvalue weighted by molar-refractivity contribution is 0.388. The van der Waals surface area contributed by atoms with E-state index in [1.165, 1.54) is 34.8 Å². The van der Waals surface area contributed by atoms with E-state index < -0.39 is 0 Å². The predicted octanol–water partition coefficient (Wildman–Crippen LogP) is 5.55. The zero-order valence-corrected chi connectivity index (χ0v) is 14.2. The first-order chi connectivity index (χ1) is 8.58. The highest BCUT2D eigenvalue weighted by Gasteiger charge is 2.15. The Balaban J connectivity index is 2.67. The first-order valence-corrected chi connectivity index (χ1v) is 8.24. The van der Waals surface area contributed by atoms with Crippen molar-refractivity contribution in [1.29, 1.82) is 0 Å². The molecule has 1 nitrogen and oxygen atoms in total. The van der Waals surface area contributed by atoms with Gasteiger partial charge in [-0.05, 0) is 58.7 Å². The minimum absolute atomic E-state index is 0.109. The van der Waals surface area contributed by atoms with Crippen LogP contribution in [0.4, 0.5) is 0 Å². The molecule has 0 aliphatic carbocycles. The van der Waals surface area contributed by atoms with Crippen molar-refractivity contribution in [2.24, 2.45) is 11.7 Å². The second kappa shape index (κ2) is 8.39. The lowest BCUT2D eigenvalue weighted by atomic mass is 9.90. The maximum Gasteiger partial charge on any atom is 0.0410 e. The fraction of sp³-hybridized carbons (Fsp3) is 0.600. The van der Waals surface area contributed by atoms with Crippen LogP contribution in [-0.2, 0) is 0 Å². The van der Waals surface area contributed by atoms with Gasteiger partial charge in [-0.1, -0.05) is 51.1 Å². The molecule has 2 unspecified atom stereocenters. The summed E-state index contributed by atoms with van der Waals surface area (Å²) in [5.74, 6) is 0.731. The van der Waals surface area contributed by atoms with Crippen LogP contribution >= 0.6 is 34.2 Å². The molecule has 3 heteroatoms. The fourth-order valence-corrected chi connectivity index (χ4v) is 3.18. The SMILES string of the molecule is CCCCC(CC)CC(N)c1cc(Cl)ccc1I. The van der Waals surface area contributed by atoms with Crippen LogP contribution in [0.15, 0.2) is 18.2 Å². The lowest BCUT2D eigenvalue weighted by Gasteiger charge is -2.21. The second-order valence-corrected chi connectivity index (χ2v) is 6.52. The molecule has 0 radical (unpaired) electrons. The van der Waals surface area contributed by atoms with E-state index in [0.717, 1.165) is 17.4 Å². The van der Waals surface area contributed by atoms with Crippen molar-refractivity contribution in [3.8, 4) is 0 Å². The van der Waals surface area contributed by atoms with Crippen LogP contribution in [0.3, 0.4) is 0 Å². The van der Waals surface area contributed by atoms with Crippen LogP contribution in [-0.4, -0.2) is 0 Å². The first kappa shape index (κ1) is 16.3. The van der Waals surface area contributed by atoms with Crippen LogP contribution in [0, 0.1) is 9.49 Å². The number of hydrogen-bond acceptors (Lipinski definition) is 1. The van der Waals surface area contributed by atoms with E-state index in [0.29, 0.717) is 0 Å². The molecule has 1 aromatic rings. The standard InChI is InChI=1S/C15H23ClIN/c1-3-5-6-11(4-2)9-15(18)13-10-12(16)7-8-14(13)17/h7-8,10-11,15H,3-6,9,18H2,1-2H3. The highest BCUT2D eigenvalue weighted by atomic mass is 127. The number of benzene rings is 1. The Morgan fingerprint density at radius 2 is 2.06 bits per heavy atom. The fourth-order valence-electron chi connectivity index (χ4n) is 2.27. The maximum absolute atomic E-state index is 6.35. The lowest BCUT2D eigenvalue weighted by Crippen LogP contribution is -2.16. The number of nitrogens with two attached hydrogens (primary N) is 1. The molecule has 0 aliphatic rings. The molecule has 2 atom stereocenters. The Hall–Kier alpha value is 0.200. The van der Waals surface area contributed by atoms with Gasteiger partial charge in [-0.2, -0.15) is 0 Å². The van der Waals surface area contributed by atoms with E-state index in [9.17, 15) is 0 Å². The highest BCUT2D eigenvalue weighted by molar-refractivity contribution is 14.1. The summed E-state index contributed by atoms with van der Waals surface area (Å²) in [6.45, 7) is 4.50. The molecular formula is C15H23ClIN. The third kappa shape index (κ3) is 5.06. The Labute approximate surface area is 130 Å². The molecule has 18 heavy (non-hydrogen) atoms. The van der Waals surface area contributed by atoms with Gasteiger partial charge in [-0.3, -0.25) is 0 Å². The number of hydrogen-bond donors (Lipinski definition) is 1. The van der Waals surface area contributed by atoms with E-state index in [1.807, 2.05) is 18.2 Å². The zero-order valence-electron chi connectivity index (χ0n) is 11.3. The third-order valence-electron chi connectivity index (χ3n) is 3.49. The summed E-state index contributed by atoms with van der Waals surface area (Å²) < 4.78 is 1.22. The van der Waals surface area contributed by atoms with Crippen LogP contribution in [0.5, 0.6) is 0 Å². The Morgan fingerprint density at radius 3 is 2.67 bits per heavy atom. The van der Waals surface area contributed by atoms with Crippen molar-refractivity contribution in [3.05, 3.63) is 32.4 Å². The molecule has 0 fully saturated rings. The van der Waals surface area contributed by atoms with Gasteiger partial charge in [0, 0.05) is 14.6 Å². The molecule has 0 saturated carbocycles. The normalized spacial score (nSPS) is 14.5. The van der Waals surface area contributed by atoms with E-state index in [1.54, 1.807) is 0 Å². The summed E-state index contributed by atoms with van der Waals surface area (Å²) in [6.07, 6.45) is 6.13. The number of unbranched alkanes of at least 4 members (excludes halogenated alkanes) is 1. The van der Waals surface area contributed by atoms with Crippen LogP contribution in [0.1, 0.15) is 57.6 Å². The number of rotatable bonds is 7. The second-order valence-electron chi connectivity index (χ2n) is 4.92. The third-order valence-corrected chi connectivity index (χ3v) is 4.71. The Bertz CT molecular complexity index is 368. The monoisotopic (exact) mass is 379 g/mol. The van der Waals surface area contributed by atoms with Gasteiger partial charge in [-0.15, -0.1) is 0 Å². The minimum atomic E-state index is 0.109. The Morgan fingerprint density at radius 1 is 1.33 bits per heavy atom. The van der Waals surface area contributed by atoms with Crippen LogP contribution in [0.25, 0.3) is 0 Å². The van der Waals surface area contributed by atoms with Gasteiger partial charge in [0.15, 0.2) is 0 Å². The summed E-state index contributed by atoms with van der Waals surface area (Å²) in [7, 11) is 0. The van der Waals surface area contributed by atoms with Gasteiger partial charge >= 0.3 is 0 Å². The molecule has 0 heterocycles. The van der Waals surface area contributed by atoms with Crippen LogP contribution < -0.4 is 5.73 Å². The molecule has 0 aliphatic heterocycles. The first-order valence-electron chi connectivity index (χ1n) is 6.79. The van der Waals surface area contributed by atoms with Gasteiger partial charge in [0.2, 0.25) is 0 Å². The van der Waals surface area contributed by atoms with E-state index in [2.05, 4.69) is 36.4 Å². The van der Waals surface area contributed by atoms with Crippen LogP contribution in [0.2, 0.25) is 5.02 Å². The molecule has 102 valence electrons. The zero-order chi connectivity index (χ0) is 13.5. The highest BCUT2D eigenvalue weighted by Crippen LogP contribution is 2.29. The van der Waals surface area contributed by atoms with Crippen molar-refractivity contribution in [2.75, 3.05) is 0 Å². The van der Waals surface area contributed by atoms with Gasteiger partial charge < -0.3 is 5.73 Å². The van der Waals surface area contributed by atoms with Crippen molar-refractivity contribution in [3.63, 3.8) is 0 Å². The predicted molar refractivity (Wildman–Crippen MR) is 89.0 cm³/mol. The van der Waals surface area contributed by atoms with E-state index >= 15 is 0 Å². The molecule has 1 aromatic carbocycles. The van der Waals surface area contributed by atoms with Gasteiger partial charge in [0.25, 0.3) is 0 Å². The quantitative estimate of drug-likeness (QED) is 0.617. The van der Waals surface area contributed by atoms with Crippen molar-refractivity contribution in [2.45, 2.75) is 52.0 Å². The summed E-state index contributed by atoms with van der Waals surface area (Å²) >= 11 is 8.40. The van der Waals surface area contributed by atoms with Crippen molar-refractivity contribution in [1.82, 2.24) is 0 Å². The minimum Gasteiger partial charge on any atom is -0.324 e. The maximum atomic E-state index is 6.35. The smallest absolute Gasteiger partial charge is 0.0410 e. The molecule has 0 spiro atoms. The van der Waals surface area contributed by atoms with E-state index in [-0.39, 0.29) is 6.04 Å². The van der Waals surface area contributed by atoms with Gasteiger partial charge in [0.1, 0.15) is 0 Å². The summed E-state index contributed by atoms with van der Waals surface area (Å²) in [6, 6.07) is 6.09. The molecular weight excluding hydrogens is 357 g/mol. The molecule has 0 aromatic heterocycles. The largest absolute Gasteiger partial charge is 0.324 e. The number of halogens is 2. The van der Waals surface area contributed by atoms with Gasteiger partial charge in [0.05, 0.1) is 0 Å². The molecule has 0 saturated heterocycles. The summed E-state index contributed by atoms with van der Waals surface area (Å²) in [5, 5.41) is 0.780. The van der Waals surface area contributed by atoms with Gasteiger partial charge in [-0.25, -0.2) is 0 Å². The summed E-state index contributed by atoms with van der Waals surface area (Å²) in [4.78, 5) is 0. The molecule has 0 amide bonds. The van der Waals surface area contributed by atoms with Crippen molar-refractivity contribution >= 4 is 34.2 Å². The molecule has 1 rings (SSSR count). The average molecular weight is 380 g/mol. The average Bonchev–Trinajstić information content (AvgIpc) is 2.37. The topological polar surface area (TPSA) is 26.0 Å². The Kier molecular flexibility index (Phi) is 7.57. The molecule has 2 N–H and O–H groups in total.